The highest BCUT2D eigenvalue weighted by molar-refractivity contribution is 6.32. The van der Waals surface area contributed by atoms with E-state index in [4.69, 9.17) is 25.8 Å². The lowest BCUT2D eigenvalue weighted by Crippen LogP contribution is -2.16. The van der Waals surface area contributed by atoms with Gasteiger partial charge in [0.25, 0.3) is 0 Å². The molecule has 1 aromatic rings. The van der Waals surface area contributed by atoms with Crippen LogP contribution in [0, 0.1) is 0 Å². The van der Waals surface area contributed by atoms with Gasteiger partial charge in [0.1, 0.15) is 6.10 Å². The maximum Gasteiger partial charge on any atom is 0.338 e. The fraction of sp³-hybridized carbons (Fsp3) is 0.462. The Morgan fingerprint density at radius 3 is 2.79 bits per heavy atom. The topological polar surface area (TPSA) is 54.0 Å². The molecule has 1 aliphatic heterocycles. The third-order valence-corrected chi connectivity index (χ3v) is 3.10. The van der Waals surface area contributed by atoms with Gasteiger partial charge in [-0.25, -0.2) is 4.79 Å². The zero-order chi connectivity index (χ0) is 13.8. The second kappa shape index (κ2) is 6.12. The average molecular weight is 287 g/mol. The quantitative estimate of drug-likeness (QED) is 0.795. The van der Waals surface area contributed by atoms with E-state index in [1.165, 1.54) is 20.3 Å². The molecule has 6 heteroatoms. The zero-order valence-electron chi connectivity index (χ0n) is 10.8. The first-order chi connectivity index (χ1) is 9.15. The first kappa shape index (κ1) is 14.0. The minimum atomic E-state index is -0.476. The number of carbonyl (C=O) groups excluding carboxylic acids is 1. The summed E-state index contributed by atoms with van der Waals surface area (Å²) >= 11 is 6.14. The van der Waals surface area contributed by atoms with Gasteiger partial charge in [0.05, 0.1) is 38.0 Å². The van der Waals surface area contributed by atoms with Crippen molar-refractivity contribution >= 4 is 17.6 Å². The molecule has 1 aromatic carbocycles. The number of hydrogen-bond acceptors (Lipinski definition) is 5. The SMILES string of the molecule is COC(=O)c1cc(Cl)c(OC2CCOC2)c(OC)c1. The van der Waals surface area contributed by atoms with Crippen molar-refractivity contribution < 1.29 is 23.7 Å². The standard InChI is InChI=1S/C13H15ClO5/c1-16-11-6-8(13(15)17-2)5-10(14)12(11)19-9-3-4-18-7-9/h5-6,9H,3-4,7H2,1-2H3. The van der Waals surface area contributed by atoms with Crippen molar-refractivity contribution in [2.75, 3.05) is 27.4 Å². The molecule has 0 saturated carbocycles. The van der Waals surface area contributed by atoms with Gasteiger partial charge >= 0.3 is 5.97 Å². The minimum Gasteiger partial charge on any atom is -0.493 e. The Hall–Kier alpha value is -1.46. The molecular weight excluding hydrogens is 272 g/mol. The van der Waals surface area contributed by atoms with E-state index in [1.807, 2.05) is 0 Å². The second-order valence-electron chi connectivity index (χ2n) is 4.08. The van der Waals surface area contributed by atoms with Crippen LogP contribution in [0.4, 0.5) is 0 Å². The Labute approximate surface area is 116 Å². The Kier molecular flexibility index (Phi) is 4.50. The highest BCUT2D eigenvalue weighted by atomic mass is 35.5. The van der Waals surface area contributed by atoms with Gasteiger partial charge in [-0.1, -0.05) is 11.6 Å². The molecule has 0 bridgehead atoms. The van der Waals surface area contributed by atoms with Crippen molar-refractivity contribution in [1.29, 1.82) is 0 Å². The molecule has 2 rings (SSSR count). The molecule has 1 atom stereocenters. The van der Waals surface area contributed by atoms with Crippen molar-refractivity contribution in [1.82, 2.24) is 0 Å². The highest BCUT2D eigenvalue weighted by Gasteiger charge is 2.22. The summed E-state index contributed by atoms with van der Waals surface area (Å²) in [5.41, 5.74) is 0.319. The van der Waals surface area contributed by atoms with E-state index >= 15 is 0 Å². The molecule has 0 aromatic heterocycles. The predicted molar refractivity (Wildman–Crippen MR) is 69.2 cm³/mol. The maximum absolute atomic E-state index is 11.5. The van der Waals surface area contributed by atoms with Gasteiger partial charge in [-0.2, -0.15) is 0 Å². The summed E-state index contributed by atoms with van der Waals surface area (Å²) in [6, 6.07) is 3.05. The fourth-order valence-electron chi connectivity index (χ4n) is 1.84. The van der Waals surface area contributed by atoms with E-state index in [2.05, 4.69) is 4.74 Å². The molecule has 0 spiro atoms. The van der Waals surface area contributed by atoms with Crippen LogP contribution in [-0.2, 0) is 9.47 Å². The van der Waals surface area contributed by atoms with E-state index in [1.54, 1.807) is 6.07 Å². The number of carbonyl (C=O) groups is 1. The monoisotopic (exact) mass is 286 g/mol. The molecule has 1 unspecified atom stereocenters. The van der Waals surface area contributed by atoms with E-state index in [9.17, 15) is 4.79 Å². The number of hydrogen-bond donors (Lipinski definition) is 0. The molecule has 0 aliphatic carbocycles. The van der Waals surface area contributed by atoms with Crippen LogP contribution < -0.4 is 9.47 Å². The van der Waals surface area contributed by atoms with Crippen LogP contribution >= 0.6 is 11.6 Å². The van der Waals surface area contributed by atoms with E-state index in [0.717, 1.165) is 6.42 Å². The first-order valence-corrected chi connectivity index (χ1v) is 6.23. The van der Waals surface area contributed by atoms with Crippen molar-refractivity contribution in [3.05, 3.63) is 22.7 Å². The van der Waals surface area contributed by atoms with Gasteiger partial charge in [0, 0.05) is 6.42 Å². The van der Waals surface area contributed by atoms with E-state index in [-0.39, 0.29) is 6.10 Å². The van der Waals surface area contributed by atoms with Crippen LogP contribution in [0.15, 0.2) is 12.1 Å². The molecule has 1 heterocycles. The van der Waals surface area contributed by atoms with Crippen LogP contribution in [-0.4, -0.2) is 39.5 Å². The average Bonchev–Trinajstić information content (AvgIpc) is 2.92. The number of benzene rings is 1. The Morgan fingerprint density at radius 2 is 2.21 bits per heavy atom. The van der Waals surface area contributed by atoms with Gasteiger partial charge in [0.15, 0.2) is 11.5 Å². The summed E-state index contributed by atoms with van der Waals surface area (Å²) in [5.74, 6) is 0.350. The molecular formula is C13H15ClO5. The summed E-state index contributed by atoms with van der Waals surface area (Å²) in [6.45, 7) is 1.20. The Balaban J connectivity index is 2.29. The summed E-state index contributed by atoms with van der Waals surface area (Å²) in [7, 11) is 2.80. The number of esters is 1. The molecule has 0 amide bonds. The molecule has 104 valence electrons. The highest BCUT2D eigenvalue weighted by Crippen LogP contribution is 2.37. The van der Waals surface area contributed by atoms with Gasteiger partial charge in [0.2, 0.25) is 0 Å². The maximum atomic E-state index is 11.5. The lowest BCUT2D eigenvalue weighted by Gasteiger charge is -2.17. The third-order valence-electron chi connectivity index (χ3n) is 2.82. The van der Waals surface area contributed by atoms with Crippen LogP contribution in [0.2, 0.25) is 5.02 Å². The normalized spacial score (nSPS) is 18.2. The number of rotatable bonds is 4. The molecule has 5 nitrogen and oxygen atoms in total. The zero-order valence-corrected chi connectivity index (χ0v) is 11.5. The first-order valence-electron chi connectivity index (χ1n) is 5.86. The predicted octanol–water partition coefficient (Wildman–Crippen LogP) is 2.30. The minimum absolute atomic E-state index is 0.0459. The molecule has 19 heavy (non-hydrogen) atoms. The fourth-order valence-corrected chi connectivity index (χ4v) is 2.10. The van der Waals surface area contributed by atoms with Crippen molar-refractivity contribution in [2.45, 2.75) is 12.5 Å². The van der Waals surface area contributed by atoms with Crippen LogP contribution in [0.1, 0.15) is 16.8 Å². The lowest BCUT2D eigenvalue weighted by molar-refractivity contribution is 0.0600. The van der Waals surface area contributed by atoms with Gasteiger partial charge in [-0.05, 0) is 12.1 Å². The second-order valence-corrected chi connectivity index (χ2v) is 4.49. The number of ether oxygens (including phenoxy) is 4. The van der Waals surface area contributed by atoms with Crippen molar-refractivity contribution in [3.63, 3.8) is 0 Å². The summed E-state index contributed by atoms with van der Waals surface area (Å²) < 4.78 is 20.9. The van der Waals surface area contributed by atoms with Crippen LogP contribution in [0.3, 0.4) is 0 Å². The van der Waals surface area contributed by atoms with E-state index in [0.29, 0.717) is 35.3 Å². The van der Waals surface area contributed by atoms with Crippen LogP contribution in [0.25, 0.3) is 0 Å². The summed E-state index contributed by atoms with van der Waals surface area (Å²) in [5, 5.41) is 0.312. The molecule has 1 saturated heterocycles. The molecule has 1 aliphatic rings. The summed E-state index contributed by atoms with van der Waals surface area (Å²) in [4.78, 5) is 11.5. The Morgan fingerprint density at radius 1 is 1.42 bits per heavy atom. The molecule has 0 N–H and O–H groups in total. The lowest BCUT2D eigenvalue weighted by atomic mass is 10.2. The number of methoxy groups -OCH3 is 2. The van der Waals surface area contributed by atoms with Gasteiger partial charge < -0.3 is 18.9 Å². The number of halogens is 1. The van der Waals surface area contributed by atoms with Crippen LogP contribution in [0.5, 0.6) is 11.5 Å². The van der Waals surface area contributed by atoms with Crippen molar-refractivity contribution in [2.24, 2.45) is 0 Å². The van der Waals surface area contributed by atoms with Gasteiger partial charge in [-0.15, -0.1) is 0 Å². The third kappa shape index (κ3) is 3.11. The smallest absolute Gasteiger partial charge is 0.338 e. The molecule has 1 fully saturated rings. The largest absolute Gasteiger partial charge is 0.493 e. The Bertz CT molecular complexity index is 468. The summed E-state index contributed by atoms with van der Waals surface area (Å²) in [6.07, 6.45) is 0.758. The molecule has 0 radical (unpaired) electrons. The van der Waals surface area contributed by atoms with E-state index < -0.39 is 5.97 Å². The van der Waals surface area contributed by atoms with Gasteiger partial charge in [-0.3, -0.25) is 0 Å². The van der Waals surface area contributed by atoms with Crippen molar-refractivity contribution in [3.8, 4) is 11.5 Å².